The Balaban J connectivity index is 1.88. The molecular formula is C20H20N2O4. The lowest BCUT2D eigenvalue weighted by Crippen LogP contribution is -2.35. The predicted molar refractivity (Wildman–Crippen MR) is 96.6 cm³/mol. The first-order valence-electron chi connectivity index (χ1n) is 8.14. The number of esters is 1. The van der Waals surface area contributed by atoms with Gasteiger partial charge in [-0.2, -0.15) is 5.26 Å². The van der Waals surface area contributed by atoms with Crippen LogP contribution in [0.1, 0.15) is 25.0 Å². The molecule has 0 unspecified atom stereocenters. The number of nitrogens with zero attached hydrogens (tertiary/aromatic N) is 1. The second-order valence-electron chi connectivity index (χ2n) is 5.83. The van der Waals surface area contributed by atoms with Gasteiger partial charge in [0.1, 0.15) is 5.75 Å². The summed E-state index contributed by atoms with van der Waals surface area (Å²) < 4.78 is 10.6. The zero-order chi connectivity index (χ0) is 19.1. The average molecular weight is 352 g/mol. The van der Waals surface area contributed by atoms with Gasteiger partial charge in [-0.05, 0) is 62.7 Å². The van der Waals surface area contributed by atoms with Crippen LogP contribution in [0, 0.1) is 18.3 Å². The molecular weight excluding hydrogens is 332 g/mol. The molecule has 0 fully saturated rings. The molecule has 134 valence electrons. The Kier molecular flexibility index (Phi) is 6.34. The Morgan fingerprint density at radius 2 is 1.77 bits per heavy atom. The molecule has 0 heterocycles. The van der Waals surface area contributed by atoms with Crippen LogP contribution in [0.3, 0.4) is 0 Å². The van der Waals surface area contributed by atoms with Crippen molar-refractivity contribution in [1.29, 1.82) is 5.26 Å². The molecule has 0 aliphatic heterocycles. The molecule has 0 radical (unpaired) electrons. The third-order valence-corrected chi connectivity index (χ3v) is 3.58. The molecule has 6 heteroatoms. The number of carbonyl (C=O) groups is 2. The maximum atomic E-state index is 12.2. The fraction of sp³-hybridized carbons (Fsp3) is 0.250. The van der Waals surface area contributed by atoms with E-state index < -0.39 is 24.1 Å². The van der Waals surface area contributed by atoms with Gasteiger partial charge in [-0.1, -0.05) is 12.1 Å². The van der Waals surface area contributed by atoms with Gasteiger partial charge in [-0.3, -0.25) is 4.79 Å². The molecule has 0 saturated heterocycles. The summed E-state index contributed by atoms with van der Waals surface area (Å²) in [6, 6.07) is 15.7. The van der Waals surface area contributed by atoms with E-state index in [-0.39, 0.29) is 0 Å². The minimum Gasteiger partial charge on any atom is -0.479 e. The van der Waals surface area contributed by atoms with E-state index in [0.29, 0.717) is 17.0 Å². The lowest BCUT2D eigenvalue weighted by molar-refractivity contribution is -0.159. The van der Waals surface area contributed by atoms with Crippen molar-refractivity contribution in [2.24, 2.45) is 0 Å². The minimum absolute atomic E-state index is 0.422. The molecule has 0 aliphatic rings. The van der Waals surface area contributed by atoms with E-state index >= 15 is 0 Å². The molecule has 1 N–H and O–H groups in total. The van der Waals surface area contributed by atoms with E-state index in [1.165, 1.54) is 13.8 Å². The molecule has 2 aromatic carbocycles. The van der Waals surface area contributed by atoms with E-state index in [2.05, 4.69) is 5.32 Å². The number of aryl methyl sites for hydroxylation is 1. The lowest BCUT2D eigenvalue weighted by Gasteiger charge is -2.18. The van der Waals surface area contributed by atoms with Crippen molar-refractivity contribution in [3.8, 4) is 11.8 Å². The van der Waals surface area contributed by atoms with Crippen LogP contribution in [-0.2, 0) is 14.3 Å². The summed E-state index contributed by atoms with van der Waals surface area (Å²) in [6.45, 7) is 4.95. The molecule has 6 nitrogen and oxygen atoms in total. The molecule has 1 amide bonds. The first-order valence-corrected chi connectivity index (χ1v) is 8.14. The van der Waals surface area contributed by atoms with Crippen LogP contribution in [0.5, 0.6) is 5.75 Å². The Morgan fingerprint density at radius 3 is 2.38 bits per heavy atom. The summed E-state index contributed by atoms with van der Waals surface area (Å²) in [6.07, 6.45) is -1.85. The minimum atomic E-state index is -0.963. The zero-order valence-corrected chi connectivity index (χ0v) is 14.9. The van der Waals surface area contributed by atoms with Gasteiger partial charge in [0, 0.05) is 5.69 Å². The van der Waals surface area contributed by atoms with E-state index in [0.717, 1.165) is 5.56 Å². The number of amides is 1. The predicted octanol–water partition coefficient (Wildman–Crippen LogP) is 3.20. The van der Waals surface area contributed by atoms with Gasteiger partial charge in [0.15, 0.2) is 12.2 Å². The summed E-state index contributed by atoms with van der Waals surface area (Å²) in [4.78, 5) is 24.3. The average Bonchev–Trinajstić information content (AvgIpc) is 2.62. The quantitative estimate of drug-likeness (QED) is 0.807. The monoisotopic (exact) mass is 352 g/mol. The summed E-state index contributed by atoms with van der Waals surface area (Å²) in [7, 11) is 0. The van der Waals surface area contributed by atoms with Gasteiger partial charge < -0.3 is 14.8 Å². The first kappa shape index (κ1) is 19.0. The van der Waals surface area contributed by atoms with Crippen LogP contribution in [-0.4, -0.2) is 24.1 Å². The number of hydrogen-bond donors (Lipinski definition) is 1. The number of rotatable bonds is 6. The summed E-state index contributed by atoms with van der Waals surface area (Å²) in [5.41, 5.74) is 2.14. The van der Waals surface area contributed by atoms with Crippen molar-refractivity contribution < 1.29 is 19.1 Å². The Morgan fingerprint density at radius 1 is 1.08 bits per heavy atom. The molecule has 0 aromatic heterocycles. The maximum Gasteiger partial charge on any atom is 0.347 e. The van der Waals surface area contributed by atoms with Crippen molar-refractivity contribution in [1.82, 2.24) is 0 Å². The number of anilines is 1. The zero-order valence-electron chi connectivity index (χ0n) is 14.9. The molecule has 26 heavy (non-hydrogen) atoms. The van der Waals surface area contributed by atoms with Crippen LogP contribution < -0.4 is 10.1 Å². The number of carbonyl (C=O) groups excluding carboxylic acids is 2. The molecule has 0 spiro atoms. The van der Waals surface area contributed by atoms with Crippen LogP contribution in [0.25, 0.3) is 0 Å². The van der Waals surface area contributed by atoms with E-state index in [1.54, 1.807) is 30.3 Å². The van der Waals surface area contributed by atoms with Crippen molar-refractivity contribution in [2.75, 3.05) is 5.32 Å². The smallest absolute Gasteiger partial charge is 0.347 e. The third-order valence-electron chi connectivity index (χ3n) is 3.58. The molecule has 0 saturated carbocycles. The van der Waals surface area contributed by atoms with Crippen molar-refractivity contribution in [3.05, 3.63) is 59.7 Å². The van der Waals surface area contributed by atoms with Gasteiger partial charge in [-0.15, -0.1) is 0 Å². The van der Waals surface area contributed by atoms with Crippen molar-refractivity contribution >= 4 is 17.6 Å². The Bertz CT molecular complexity index is 824. The van der Waals surface area contributed by atoms with Crippen LogP contribution in [0.2, 0.25) is 0 Å². The van der Waals surface area contributed by atoms with E-state index in [1.807, 2.05) is 31.2 Å². The normalized spacial score (nSPS) is 12.4. The summed E-state index contributed by atoms with van der Waals surface area (Å²) >= 11 is 0. The van der Waals surface area contributed by atoms with Gasteiger partial charge in [0.05, 0.1) is 11.6 Å². The fourth-order valence-corrected chi connectivity index (χ4v) is 2.15. The van der Waals surface area contributed by atoms with Gasteiger partial charge in [0.25, 0.3) is 5.91 Å². The fourth-order valence-electron chi connectivity index (χ4n) is 2.15. The largest absolute Gasteiger partial charge is 0.479 e. The second kappa shape index (κ2) is 8.67. The standard InChI is InChI=1S/C20H20N2O4/c1-13-5-4-6-17(11-13)22-19(23)14(2)26-20(24)15(3)25-18-9-7-16(12-21)8-10-18/h4-11,14-15H,1-3H3,(H,22,23)/t14-,15-/m0/s1. The summed E-state index contributed by atoms with van der Waals surface area (Å²) in [5.74, 6) is -0.638. The first-order chi connectivity index (χ1) is 12.4. The molecule has 2 rings (SSSR count). The number of nitrogens with one attached hydrogen (secondary N) is 1. The van der Waals surface area contributed by atoms with Crippen molar-refractivity contribution in [3.63, 3.8) is 0 Å². The maximum absolute atomic E-state index is 12.2. The highest BCUT2D eigenvalue weighted by Crippen LogP contribution is 2.15. The number of ether oxygens (including phenoxy) is 2. The number of benzene rings is 2. The lowest BCUT2D eigenvalue weighted by atomic mass is 10.2. The highest BCUT2D eigenvalue weighted by molar-refractivity contribution is 5.95. The Labute approximate surface area is 152 Å². The van der Waals surface area contributed by atoms with Gasteiger partial charge >= 0.3 is 5.97 Å². The van der Waals surface area contributed by atoms with Crippen LogP contribution in [0.4, 0.5) is 5.69 Å². The topological polar surface area (TPSA) is 88.4 Å². The SMILES string of the molecule is Cc1cccc(NC(=O)[C@H](C)OC(=O)[C@H](C)Oc2ccc(C#N)cc2)c1. The Hall–Kier alpha value is -3.33. The van der Waals surface area contributed by atoms with Crippen molar-refractivity contribution in [2.45, 2.75) is 33.0 Å². The third kappa shape index (κ3) is 5.35. The highest BCUT2D eigenvalue weighted by atomic mass is 16.6. The highest BCUT2D eigenvalue weighted by Gasteiger charge is 2.23. The van der Waals surface area contributed by atoms with Gasteiger partial charge in [-0.25, -0.2) is 4.79 Å². The molecule has 0 aliphatic carbocycles. The van der Waals surface area contributed by atoms with Gasteiger partial charge in [0.2, 0.25) is 0 Å². The molecule has 2 aromatic rings. The molecule has 2 atom stereocenters. The summed E-state index contributed by atoms with van der Waals surface area (Å²) in [5, 5.41) is 11.5. The van der Waals surface area contributed by atoms with E-state index in [4.69, 9.17) is 14.7 Å². The van der Waals surface area contributed by atoms with E-state index in [9.17, 15) is 9.59 Å². The van der Waals surface area contributed by atoms with Crippen LogP contribution >= 0.6 is 0 Å². The molecule has 0 bridgehead atoms. The second-order valence-corrected chi connectivity index (χ2v) is 5.83. The number of nitriles is 1. The van der Waals surface area contributed by atoms with Crippen LogP contribution in [0.15, 0.2) is 48.5 Å². The number of hydrogen-bond acceptors (Lipinski definition) is 5.